The van der Waals surface area contributed by atoms with E-state index in [4.69, 9.17) is 9.84 Å². The van der Waals surface area contributed by atoms with Gasteiger partial charge in [0.25, 0.3) is 0 Å². The number of nitrogens with zero attached hydrogens (tertiary/aromatic N) is 1. The smallest absolute Gasteiger partial charge is 0.410 e. The highest BCUT2D eigenvalue weighted by atomic mass is 16.6. The summed E-state index contributed by atoms with van der Waals surface area (Å²) in [6, 6.07) is -0.375. The van der Waals surface area contributed by atoms with Gasteiger partial charge in [-0.2, -0.15) is 0 Å². The van der Waals surface area contributed by atoms with E-state index in [0.29, 0.717) is 13.0 Å². The van der Waals surface area contributed by atoms with E-state index in [1.54, 1.807) is 7.05 Å². The van der Waals surface area contributed by atoms with Crippen LogP contribution < -0.4 is 5.32 Å². The summed E-state index contributed by atoms with van der Waals surface area (Å²) in [5.74, 6) is -0.122. The Morgan fingerprint density at radius 2 is 1.89 bits per heavy atom. The molecule has 2 amide bonds. The SMILES string of the molecule is CNC(=O)[C@@H]1CCCN1C(=O)OC(C)(C)C.CO. The molecule has 1 saturated heterocycles. The Bertz CT molecular complexity index is 286. The number of aliphatic hydroxyl groups excluding tert-OH is 1. The van der Waals surface area contributed by atoms with Crippen LogP contribution in [0.25, 0.3) is 0 Å². The van der Waals surface area contributed by atoms with E-state index in [1.807, 2.05) is 20.8 Å². The summed E-state index contributed by atoms with van der Waals surface area (Å²) in [6.07, 6.45) is 1.15. The Balaban J connectivity index is 0.00000137. The van der Waals surface area contributed by atoms with Crippen molar-refractivity contribution in [3.05, 3.63) is 0 Å². The molecule has 18 heavy (non-hydrogen) atoms. The lowest BCUT2D eigenvalue weighted by molar-refractivity contribution is -0.124. The first-order valence-corrected chi connectivity index (χ1v) is 6.01. The summed E-state index contributed by atoms with van der Waals surface area (Å²) in [5, 5.41) is 9.57. The van der Waals surface area contributed by atoms with Crippen LogP contribution in [0.4, 0.5) is 4.79 Å². The van der Waals surface area contributed by atoms with E-state index in [-0.39, 0.29) is 11.9 Å². The van der Waals surface area contributed by atoms with Crippen LogP contribution in [-0.2, 0) is 9.53 Å². The molecule has 1 atom stereocenters. The monoisotopic (exact) mass is 260 g/mol. The Morgan fingerprint density at radius 3 is 2.33 bits per heavy atom. The van der Waals surface area contributed by atoms with Gasteiger partial charge in [0.2, 0.25) is 5.91 Å². The van der Waals surface area contributed by atoms with Crippen molar-refractivity contribution in [3.8, 4) is 0 Å². The molecule has 1 fully saturated rings. The van der Waals surface area contributed by atoms with Crippen LogP contribution in [0.3, 0.4) is 0 Å². The third-order valence-electron chi connectivity index (χ3n) is 2.43. The van der Waals surface area contributed by atoms with Gasteiger partial charge in [-0.3, -0.25) is 9.69 Å². The van der Waals surface area contributed by atoms with Gasteiger partial charge in [-0.05, 0) is 33.6 Å². The van der Waals surface area contributed by atoms with Crippen LogP contribution in [0.5, 0.6) is 0 Å². The minimum atomic E-state index is -0.521. The van der Waals surface area contributed by atoms with Crippen LogP contribution in [-0.4, -0.2) is 54.4 Å². The number of hydrogen-bond acceptors (Lipinski definition) is 4. The molecular formula is C12H24N2O4. The van der Waals surface area contributed by atoms with Gasteiger partial charge in [-0.15, -0.1) is 0 Å². The Morgan fingerprint density at radius 1 is 1.33 bits per heavy atom. The van der Waals surface area contributed by atoms with Crippen LogP contribution >= 0.6 is 0 Å². The first-order chi connectivity index (χ1) is 8.35. The molecule has 1 aliphatic heterocycles. The molecule has 6 heteroatoms. The minimum absolute atomic E-state index is 0.122. The van der Waals surface area contributed by atoms with E-state index >= 15 is 0 Å². The molecule has 0 aromatic heterocycles. The molecule has 1 heterocycles. The Hall–Kier alpha value is -1.30. The molecule has 106 valence electrons. The molecule has 0 aliphatic carbocycles. The number of likely N-dealkylation sites (tertiary alicyclic amines) is 1. The lowest BCUT2D eigenvalue weighted by atomic mass is 10.2. The molecule has 0 radical (unpaired) electrons. The fourth-order valence-electron chi connectivity index (χ4n) is 1.74. The number of hydrogen-bond donors (Lipinski definition) is 2. The molecular weight excluding hydrogens is 236 g/mol. The number of likely N-dealkylation sites (N-methyl/N-ethyl adjacent to an activating group) is 1. The van der Waals surface area contributed by atoms with E-state index in [0.717, 1.165) is 13.5 Å². The topological polar surface area (TPSA) is 78.9 Å². The number of ether oxygens (including phenoxy) is 1. The molecule has 6 nitrogen and oxygen atoms in total. The van der Waals surface area contributed by atoms with E-state index < -0.39 is 11.7 Å². The van der Waals surface area contributed by atoms with Crippen molar-refractivity contribution in [2.24, 2.45) is 0 Å². The lowest BCUT2D eigenvalue weighted by Gasteiger charge is -2.27. The highest BCUT2D eigenvalue weighted by Gasteiger charge is 2.35. The average molecular weight is 260 g/mol. The Kier molecular flexibility index (Phi) is 6.68. The summed E-state index contributed by atoms with van der Waals surface area (Å²) >= 11 is 0. The molecule has 0 bridgehead atoms. The van der Waals surface area contributed by atoms with Gasteiger partial charge in [0.05, 0.1) is 0 Å². The van der Waals surface area contributed by atoms with Gasteiger partial charge in [-0.1, -0.05) is 0 Å². The zero-order chi connectivity index (χ0) is 14.3. The third kappa shape index (κ3) is 4.91. The first kappa shape index (κ1) is 16.7. The van der Waals surface area contributed by atoms with Crippen LogP contribution in [0, 0.1) is 0 Å². The van der Waals surface area contributed by atoms with Gasteiger partial charge in [0.1, 0.15) is 11.6 Å². The van der Waals surface area contributed by atoms with E-state index in [9.17, 15) is 9.59 Å². The zero-order valence-electron chi connectivity index (χ0n) is 11.8. The predicted molar refractivity (Wildman–Crippen MR) is 68.2 cm³/mol. The van der Waals surface area contributed by atoms with Gasteiger partial charge in [0, 0.05) is 20.7 Å². The summed E-state index contributed by atoms with van der Waals surface area (Å²) < 4.78 is 5.25. The van der Waals surface area contributed by atoms with E-state index in [1.165, 1.54) is 4.90 Å². The summed E-state index contributed by atoms with van der Waals surface area (Å²) in [7, 11) is 2.58. The molecule has 1 rings (SSSR count). The summed E-state index contributed by atoms with van der Waals surface area (Å²) in [4.78, 5) is 24.9. The largest absolute Gasteiger partial charge is 0.444 e. The molecule has 2 N–H and O–H groups in total. The molecule has 0 spiro atoms. The molecule has 0 aromatic rings. The van der Waals surface area contributed by atoms with Crippen molar-refractivity contribution in [3.63, 3.8) is 0 Å². The van der Waals surface area contributed by atoms with Gasteiger partial charge >= 0.3 is 6.09 Å². The average Bonchev–Trinajstić information content (AvgIpc) is 2.77. The molecule has 0 aromatic carbocycles. The molecule has 1 aliphatic rings. The first-order valence-electron chi connectivity index (χ1n) is 6.01. The lowest BCUT2D eigenvalue weighted by Crippen LogP contribution is -2.46. The van der Waals surface area contributed by atoms with Crippen LogP contribution in [0.2, 0.25) is 0 Å². The van der Waals surface area contributed by atoms with E-state index in [2.05, 4.69) is 5.32 Å². The number of carbonyl (C=O) groups excluding carboxylic acids is 2. The predicted octanol–water partition coefficient (Wildman–Crippen LogP) is 0.740. The maximum Gasteiger partial charge on any atom is 0.410 e. The molecule has 0 saturated carbocycles. The van der Waals surface area contributed by atoms with Crippen molar-refractivity contribution in [2.45, 2.75) is 45.3 Å². The van der Waals surface area contributed by atoms with Crippen molar-refractivity contribution < 1.29 is 19.4 Å². The third-order valence-corrected chi connectivity index (χ3v) is 2.43. The second-order valence-electron chi connectivity index (χ2n) is 4.95. The highest BCUT2D eigenvalue weighted by Crippen LogP contribution is 2.20. The normalized spacial score (nSPS) is 18.8. The van der Waals surface area contributed by atoms with Gasteiger partial charge < -0.3 is 15.2 Å². The highest BCUT2D eigenvalue weighted by molar-refractivity contribution is 5.86. The number of rotatable bonds is 1. The standard InChI is InChI=1S/C11H20N2O3.CH4O/c1-11(2,3)16-10(15)13-7-5-6-8(13)9(14)12-4;1-2/h8H,5-7H2,1-4H3,(H,12,14);2H,1H3/t8-;/m0./s1. The van der Waals surface area contributed by atoms with Gasteiger partial charge in [-0.25, -0.2) is 4.79 Å². The van der Waals surface area contributed by atoms with Gasteiger partial charge in [0.15, 0.2) is 0 Å². The maximum atomic E-state index is 11.8. The number of nitrogens with one attached hydrogen (secondary N) is 1. The van der Waals surface area contributed by atoms with Crippen molar-refractivity contribution >= 4 is 12.0 Å². The number of carbonyl (C=O) groups is 2. The second kappa shape index (κ2) is 7.20. The zero-order valence-corrected chi connectivity index (χ0v) is 11.8. The summed E-state index contributed by atoms with van der Waals surface area (Å²) in [5.41, 5.74) is -0.521. The number of amides is 2. The quantitative estimate of drug-likeness (QED) is 0.729. The minimum Gasteiger partial charge on any atom is -0.444 e. The Labute approximate surface area is 108 Å². The fourth-order valence-corrected chi connectivity index (χ4v) is 1.74. The summed E-state index contributed by atoms with van der Waals surface area (Å²) in [6.45, 7) is 6.04. The molecule has 0 unspecified atom stereocenters. The van der Waals surface area contributed by atoms with Crippen molar-refractivity contribution in [1.29, 1.82) is 0 Å². The fraction of sp³-hybridized carbons (Fsp3) is 0.833. The number of aliphatic hydroxyl groups is 1. The van der Waals surface area contributed by atoms with Crippen LogP contribution in [0.15, 0.2) is 0 Å². The van der Waals surface area contributed by atoms with Crippen molar-refractivity contribution in [2.75, 3.05) is 20.7 Å². The second-order valence-corrected chi connectivity index (χ2v) is 4.95. The maximum absolute atomic E-state index is 11.8. The van der Waals surface area contributed by atoms with Crippen LogP contribution in [0.1, 0.15) is 33.6 Å². The van der Waals surface area contributed by atoms with Crippen molar-refractivity contribution in [1.82, 2.24) is 10.2 Å².